The Kier molecular flexibility index (Phi) is 2.99. The molecule has 0 saturated carbocycles. The Morgan fingerprint density at radius 3 is 2.61 bits per heavy atom. The molecule has 0 fully saturated rings. The van der Waals surface area contributed by atoms with Gasteiger partial charge in [-0.15, -0.1) is 10.2 Å². The van der Waals surface area contributed by atoms with Gasteiger partial charge in [0.25, 0.3) is 5.56 Å². The molecule has 114 valence electrons. The zero-order chi connectivity index (χ0) is 16.1. The first-order valence-electron chi connectivity index (χ1n) is 7.20. The third-order valence-electron chi connectivity index (χ3n) is 4.00. The summed E-state index contributed by atoms with van der Waals surface area (Å²) >= 11 is 6.44. The smallest absolute Gasteiger partial charge is 0.267 e. The molecular formula is C17H13ClN4O. The summed E-state index contributed by atoms with van der Waals surface area (Å²) < 4.78 is 3.40. The van der Waals surface area contributed by atoms with E-state index in [1.165, 1.54) is 4.57 Å². The molecule has 0 radical (unpaired) electrons. The normalized spacial score (nSPS) is 11.4. The molecular weight excluding hydrogens is 312 g/mol. The molecule has 0 aliphatic heterocycles. The van der Waals surface area contributed by atoms with Gasteiger partial charge in [-0.3, -0.25) is 9.20 Å². The molecule has 0 spiro atoms. The van der Waals surface area contributed by atoms with E-state index >= 15 is 0 Å². The highest BCUT2D eigenvalue weighted by atomic mass is 35.5. The van der Waals surface area contributed by atoms with E-state index in [9.17, 15) is 4.79 Å². The van der Waals surface area contributed by atoms with Crippen LogP contribution in [0.1, 0.15) is 11.4 Å². The van der Waals surface area contributed by atoms with Gasteiger partial charge in [-0.05, 0) is 37.6 Å². The van der Waals surface area contributed by atoms with E-state index in [4.69, 9.17) is 11.6 Å². The van der Waals surface area contributed by atoms with Crippen molar-refractivity contribution in [1.82, 2.24) is 19.2 Å². The Morgan fingerprint density at radius 1 is 1.00 bits per heavy atom. The lowest BCUT2D eigenvalue weighted by Crippen LogP contribution is -2.22. The molecule has 0 saturated heterocycles. The number of halogens is 1. The molecule has 0 atom stereocenters. The van der Waals surface area contributed by atoms with E-state index in [0.29, 0.717) is 27.7 Å². The van der Waals surface area contributed by atoms with Crippen LogP contribution in [0.4, 0.5) is 0 Å². The molecule has 2 aromatic carbocycles. The minimum Gasteiger partial charge on any atom is -0.268 e. The van der Waals surface area contributed by atoms with Crippen LogP contribution in [0.15, 0.2) is 47.3 Å². The summed E-state index contributed by atoms with van der Waals surface area (Å²) in [4.78, 5) is 13.0. The number of hydrogen-bond donors (Lipinski definition) is 0. The first-order valence-corrected chi connectivity index (χ1v) is 7.58. The van der Waals surface area contributed by atoms with Gasteiger partial charge in [-0.25, -0.2) is 4.57 Å². The molecule has 0 bridgehead atoms. The minimum absolute atomic E-state index is 0.159. The molecule has 4 rings (SSSR count). The molecule has 2 aromatic heterocycles. The second-order valence-electron chi connectivity index (χ2n) is 5.45. The lowest BCUT2D eigenvalue weighted by Gasteiger charge is -2.13. The van der Waals surface area contributed by atoms with Crippen LogP contribution in [0.3, 0.4) is 0 Å². The summed E-state index contributed by atoms with van der Waals surface area (Å²) in [5, 5.41) is 9.46. The fourth-order valence-corrected chi connectivity index (χ4v) is 3.07. The van der Waals surface area contributed by atoms with Crippen molar-refractivity contribution in [1.29, 1.82) is 0 Å². The van der Waals surface area contributed by atoms with E-state index in [0.717, 1.165) is 11.1 Å². The van der Waals surface area contributed by atoms with Crippen molar-refractivity contribution >= 4 is 28.3 Å². The molecule has 0 aliphatic carbocycles. The predicted molar refractivity (Wildman–Crippen MR) is 90.6 cm³/mol. The highest BCUT2D eigenvalue weighted by Gasteiger charge is 2.17. The van der Waals surface area contributed by atoms with Crippen LogP contribution >= 0.6 is 11.6 Å². The standard InChI is InChI=1S/C17H13ClN4O/c1-10-6-5-9-14(15(10)18)22-16(23)12-7-3-4-8-13(12)21-11(2)19-20-17(21)22/h3-9H,1-2H3. The van der Waals surface area contributed by atoms with Crippen molar-refractivity contribution in [2.75, 3.05) is 0 Å². The highest BCUT2D eigenvalue weighted by molar-refractivity contribution is 6.33. The molecule has 6 heteroatoms. The minimum atomic E-state index is -0.159. The van der Waals surface area contributed by atoms with Gasteiger partial charge < -0.3 is 0 Å². The number of aromatic nitrogens is 4. The van der Waals surface area contributed by atoms with E-state index in [-0.39, 0.29) is 5.56 Å². The first kappa shape index (κ1) is 14.0. The van der Waals surface area contributed by atoms with Crippen molar-refractivity contribution in [2.24, 2.45) is 0 Å². The molecule has 0 N–H and O–H groups in total. The van der Waals surface area contributed by atoms with E-state index in [2.05, 4.69) is 10.2 Å². The van der Waals surface area contributed by atoms with Gasteiger partial charge >= 0.3 is 0 Å². The second-order valence-corrected chi connectivity index (χ2v) is 5.83. The molecule has 0 aliphatic rings. The Bertz CT molecular complexity index is 1130. The highest BCUT2D eigenvalue weighted by Crippen LogP contribution is 2.25. The molecule has 5 nitrogen and oxygen atoms in total. The van der Waals surface area contributed by atoms with E-state index < -0.39 is 0 Å². The average molecular weight is 325 g/mol. The fraction of sp³-hybridized carbons (Fsp3) is 0.118. The molecule has 4 aromatic rings. The summed E-state index contributed by atoms with van der Waals surface area (Å²) in [7, 11) is 0. The van der Waals surface area contributed by atoms with Gasteiger partial charge in [0.15, 0.2) is 0 Å². The van der Waals surface area contributed by atoms with Crippen molar-refractivity contribution in [3.8, 4) is 5.69 Å². The topological polar surface area (TPSA) is 52.2 Å². The van der Waals surface area contributed by atoms with Gasteiger partial charge in [-0.2, -0.15) is 0 Å². The summed E-state index contributed by atoms with van der Waals surface area (Å²) in [6.07, 6.45) is 0. The predicted octanol–water partition coefficient (Wildman–Crippen LogP) is 3.30. The number of para-hydroxylation sites is 1. The van der Waals surface area contributed by atoms with Crippen molar-refractivity contribution in [3.63, 3.8) is 0 Å². The van der Waals surface area contributed by atoms with Gasteiger partial charge in [0.2, 0.25) is 5.78 Å². The largest absolute Gasteiger partial charge is 0.268 e. The first-order chi connectivity index (χ1) is 11.1. The Hall–Kier alpha value is -2.66. The molecule has 0 amide bonds. The second kappa shape index (κ2) is 4.93. The van der Waals surface area contributed by atoms with Gasteiger partial charge in [0.1, 0.15) is 5.82 Å². The average Bonchev–Trinajstić information content (AvgIpc) is 2.93. The van der Waals surface area contributed by atoms with Gasteiger partial charge in [-0.1, -0.05) is 35.9 Å². The van der Waals surface area contributed by atoms with Gasteiger partial charge in [0.05, 0.1) is 21.6 Å². The van der Waals surface area contributed by atoms with Crippen molar-refractivity contribution < 1.29 is 0 Å². The number of benzene rings is 2. The van der Waals surface area contributed by atoms with E-state index in [1.807, 2.05) is 54.6 Å². The van der Waals surface area contributed by atoms with Crippen molar-refractivity contribution in [2.45, 2.75) is 13.8 Å². The number of rotatable bonds is 1. The number of nitrogens with zero attached hydrogens (tertiary/aromatic N) is 4. The number of fused-ring (bicyclic) bond motifs is 3. The Morgan fingerprint density at radius 2 is 1.78 bits per heavy atom. The lowest BCUT2D eigenvalue weighted by atomic mass is 10.2. The van der Waals surface area contributed by atoms with E-state index in [1.54, 1.807) is 6.07 Å². The number of aryl methyl sites for hydroxylation is 2. The third-order valence-corrected chi connectivity index (χ3v) is 4.49. The summed E-state index contributed by atoms with van der Waals surface area (Å²) in [6, 6.07) is 13.0. The molecule has 0 unspecified atom stereocenters. The van der Waals surface area contributed by atoms with Gasteiger partial charge in [0, 0.05) is 0 Å². The molecule has 23 heavy (non-hydrogen) atoms. The summed E-state index contributed by atoms with van der Waals surface area (Å²) in [5.74, 6) is 1.17. The third kappa shape index (κ3) is 1.90. The number of hydrogen-bond acceptors (Lipinski definition) is 3. The van der Waals surface area contributed by atoms with Crippen LogP contribution in [-0.2, 0) is 0 Å². The van der Waals surface area contributed by atoms with Crippen LogP contribution < -0.4 is 5.56 Å². The fourth-order valence-electron chi connectivity index (χ4n) is 2.86. The maximum atomic E-state index is 13.0. The maximum Gasteiger partial charge on any atom is 0.267 e. The van der Waals surface area contributed by atoms with Crippen molar-refractivity contribution in [3.05, 3.63) is 69.2 Å². The van der Waals surface area contributed by atoms with Crippen LogP contribution in [0.25, 0.3) is 22.4 Å². The lowest BCUT2D eigenvalue weighted by molar-refractivity contribution is 0.963. The quantitative estimate of drug-likeness (QED) is 0.540. The van der Waals surface area contributed by atoms with Crippen LogP contribution in [0.5, 0.6) is 0 Å². The maximum absolute atomic E-state index is 13.0. The SMILES string of the molecule is Cc1cccc(-n2c(=O)c3ccccc3n3c(C)nnc23)c1Cl. The van der Waals surface area contributed by atoms with Crippen LogP contribution in [-0.4, -0.2) is 19.2 Å². The Labute approximate surface area is 136 Å². The Balaban J connectivity index is 2.29. The summed E-state index contributed by atoms with van der Waals surface area (Å²) in [5.41, 5.74) is 2.14. The zero-order valence-electron chi connectivity index (χ0n) is 12.6. The zero-order valence-corrected chi connectivity index (χ0v) is 13.4. The monoisotopic (exact) mass is 324 g/mol. The van der Waals surface area contributed by atoms with Crippen LogP contribution in [0, 0.1) is 13.8 Å². The van der Waals surface area contributed by atoms with Crippen LogP contribution in [0.2, 0.25) is 5.02 Å². The molecule has 2 heterocycles. The summed E-state index contributed by atoms with van der Waals surface area (Å²) in [6.45, 7) is 3.77.